The third kappa shape index (κ3) is 2.54. The molecule has 5 unspecified atom stereocenters. The molecular formula is C24H27F2N3O2. The molecule has 5 aliphatic rings. The SMILES string of the molecule is OC(NCC12CC3CCC(C1)C32)c1c2c(nn1-c1ccc(F)cc1F)C1CCC(C2)O1. The maximum atomic E-state index is 14.7. The van der Waals surface area contributed by atoms with Crippen molar-refractivity contribution in [2.45, 2.75) is 63.4 Å². The molecule has 0 spiro atoms. The normalized spacial score (nSPS) is 37.7. The molecule has 1 aromatic heterocycles. The van der Waals surface area contributed by atoms with E-state index in [0.29, 0.717) is 17.5 Å². The Hall–Kier alpha value is -1.83. The number of ether oxygens (including phenoxy) is 1. The number of nitrogens with one attached hydrogen (secondary N) is 1. The average Bonchev–Trinajstić information content (AvgIpc) is 3.33. The zero-order valence-corrected chi connectivity index (χ0v) is 17.4. The number of aliphatic hydroxyl groups excluding tert-OH is 1. The topological polar surface area (TPSA) is 59.3 Å². The summed E-state index contributed by atoms with van der Waals surface area (Å²) in [7, 11) is 0. The average molecular weight is 427 g/mol. The summed E-state index contributed by atoms with van der Waals surface area (Å²) >= 11 is 0. The first-order valence-corrected chi connectivity index (χ1v) is 11.7. The number of hydrogen-bond donors (Lipinski definition) is 2. The molecule has 1 saturated heterocycles. The summed E-state index contributed by atoms with van der Waals surface area (Å²) in [5.41, 5.74) is 2.81. The van der Waals surface area contributed by atoms with Crippen LogP contribution < -0.4 is 5.32 Å². The van der Waals surface area contributed by atoms with Gasteiger partial charge in [0.25, 0.3) is 0 Å². The third-order valence-electron chi connectivity index (χ3n) is 8.91. The molecule has 7 heteroatoms. The predicted molar refractivity (Wildman–Crippen MR) is 108 cm³/mol. The Kier molecular flexibility index (Phi) is 3.84. The number of hydrogen-bond acceptors (Lipinski definition) is 4. The summed E-state index contributed by atoms with van der Waals surface area (Å²) in [5, 5.41) is 19.3. The Morgan fingerprint density at radius 3 is 2.77 bits per heavy atom. The summed E-state index contributed by atoms with van der Waals surface area (Å²) < 4.78 is 35.7. The molecule has 3 saturated carbocycles. The maximum absolute atomic E-state index is 14.7. The quantitative estimate of drug-likeness (QED) is 0.710. The van der Waals surface area contributed by atoms with E-state index in [4.69, 9.17) is 4.74 Å². The lowest BCUT2D eigenvalue weighted by Crippen LogP contribution is -2.61. The minimum atomic E-state index is -0.952. The fraction of sp³-hybridized carbons (Fsp3) is 0.625. The molecule has 5 atom stereocenters. The Bertz CT molecular complexity index is 1060. The van der Waals surface area contributed by atoms with Crippen LogP contribution >= 0.6 is 0 Å². The summed E-state index contributed by atoms with van der Waals surface area (Å²) in [4.78, 5) is 0. The minimum Gasteiger partial charge on any atom is -0.373 e. The van der Waals surface area contributed by atoms with Crippen molar-refractivity contribution in [3.63, 3.8) is 0 Å². The fourth-order valence-electron chi connectivity index (χ4n) is 7.72. The van der Waals surface area contributed by atoms with Crippen molar-refractivity contribution < 1.29 is 18.6 Å². The van der Waals surface area contributed by atoms with Crippen LogP contribution in [0.1, 0.15) is 67.8 Å². The molecule has 2 N–H and O–H groups in total. The van der Waals surface area contributed by atoms with Crippen LogP contribution in [-0.2, 0) is 11.2 Å². The molecule has 2 aromatic rings. The van der Waals surface area contributed by atoms with Crippen LogP contribution in [-0.4, -0.2) is 27.5 Å². The first-order valence-electron chi connectivity index (χ1n) is 11.7. The van der Waals surface area contributed by atoms with Crippen LogP contribution in [0.25, 0.3) is 5.69 Å². The van der Waals surface area contributed by atoms with Crippen molar-refractivity contribution in [2.75, 3.05) is 6.54 Å². The van der Waals surface area contributed by atoms with Crippen LogP contribution in [0, 0.1) is 34.8 Å². The molecule has 1 aromatic carbocycles. The van der Waals surface area contributed by atoms with Gasteiger partial charge in [-0.1, -0.05) is 0 Å². The Labute approximate surface area is 179 Å². The second kappa shape index (κ2) is 6.36. The molecule has 2 bridgehead atoms. The first kappa shape index (κ1) is 18.7. The van der Waals surface area contributed by atoms with Crippen molar-refractivity contribution in [2.24, 2.45) is 23.2 Å². The van der Waals surface area contributed by atoms with Gasteiger partial charge >= 0.3 is 0 Å². The van der Waals surface area contributed by atoms with E-state index in [1.54, 1.807) is 0 Å². The van der Waals surface area contributed by atoms with Crippen LogP contribution in [0.3, 0.4) is 0 Å². The van der Waals surface area contributed by atoms with Gasteiger partial charge in [0, 0.05) is 24.6 Å². The summed E-state index contributed by atoms with van der Waals surface area (Å²) in [6.07, 6.45) is 6.84. The zero-order chi connectivity index (χ0) is 20.9. The van der Waals surface area contributed by atoms with Crippen molar-refractivity contribution >= 4 is 0 Å². The standard InChI is InChI=1S/C24H27F2N3O2/c25-14-3-5-18(17(26)7-14)29-22(16-8-15-4-6-19(31-15)21(16)28-29)23(30)27-11-24-9-12-1-2-13(10-24)20(12)24/h3,5,7,12-13,15,19-20,23,27,30H,1-2,4,6,8-11H2. The largest absolute Gasteiger partial charge is 0.373 e. The molecule has 0 amide bonds. The van der Waals surface area contributed by atoms with E-state index in [-0.39, 0.29) is 17.9 Å². The predicted octanol–water partition coefficient (Wildman–Crippen LogP) is 3.94. The molecule has 0 radical (unpaired) electrons. The highest BCUT2D eigenvalue weighted by Crippen LogP contribution is 2.73. The summed E-state index contributed by atoms with van der Waals surface area (Å²) in [5.74, 6) is 1.28. The zero-order valence-electron chi connectivity index (χ0n) is 17.4. The van der Waals surface area contributed by atoms with Gasteiger partial charge in [0.15, 0.2) is 5.82 Å². The van der Waals surface area contributed by atoms with E-state index in [9.17, 15) is 13.9 Å². The van der Waals surface area contributed by atoms with Gasteiger partial charge in [-0.2, -0.15) is 5.10 Å². The van der Waals surface area contributed by atoms with Crippen LogP contribution in [0.4, 0.5) is 8.78 Å². The molecule has 3 aliphatic carbocycles. The van der Waals surface area contributed by atoms with E-state index < -0.39 is 17.9 Å². The third-order valence-corrected chi connectivity index (χ3v) is 8.91. The van der Waals surface area contributed by atoms with Crippen molar-refractivity contribution in [3.8, 4) is 5.69 Å². The van der Waals surface area contributed by atoms with E-state index in [1.807, 2.05) is 0 Å². The van der Waals surface area contributed by atoms with Gasteiger partial charge in [0.05, 0.1) is 17.5 Å². The lowest BCUT2D eigenvalue weighted by Gasteiger charge is -2.64. The Balaban J connectivity index is 1.23. The highest BCUT2D eigenvalue weighted by atomic mass is 19.1. The van der Waals surface area contributed by atoms with Crippen LogP contribution in [0.15, 0.2) is 18.2 Å². The summed E-state index contributed by atoms with van der Waals surface area (Å²) in [6.45, 7) is 0.779. The van der Waals surface area contributed by atoms with E-state index in [1.165, 1.54) is 42.5 Å². The molecular weight excluding hydrogens is 400 g/mol. The highest BCUT2D eigenvalue weighted by molar-refractivity contribution is 5.42. The molecule has 5 nitrogen and oxygen atoms in total. The molecule has 2 aliphatic heterocycles. The number of rotatable bonds is 5. The van der Waals surface area contributed by atoms with Crippen molar-refractivity contribution in [1.82, 2.24) is 15.1 Å². The molecule has 164 valence electrons. The van der Waals surface area contributed by atoms with Gasteiger partial charge in [-0.15, -0.1) is 0 Å². The number of benzene rings is 1. The van der Waals surface area contributed by atoms with Crippen LogP contribution in [0.5, 0.6) is 0 Å². The Morgan fingerprint density at radius 1 is 1.19 bits per heavy atom. The monoisotopic (exact) mass is 427 g/mol. The molecule has 3 heterocycles. The highest BCUT2D eigenvalue weighted by Gasteiger charge is 2.66. The Morgan fingerprint density at radius 2 is 2.00 bits per heavy atom. The molecule has 4 fully saturated rings. The molecule has 7 rings (SSSR count). The van der Waals surface area contributed by atoms with Gasteiger partial charge in [0.1, 0.15) is 23.8 Å². The lowest BCUT2D eigenvalue weighted by molar-refractivity contribution is -0.150. The number of nitrogens with zero attached hydrogens (tertiary/aromatic N) is 2. The van der Waals surface area contributed by atoms with Gasteiger partial charge in [0.2, 0.25) is 0 Å². The summed E-state index contributed by atoms with van der Waals surface area (Å²) in [6, 6.07) is 3.49. The molecule has 31 heavy (non-hydrogen) atoms. The van der Waals surface area contributed by atoms with Gasteiger partial charge in [-0.25, -0.2) is 13.5 Å². The second-order valence-corrected chi connectivity index (χ2v) is 10.5. The minimum absolute atomic E-state index is 0.110. The van der Waals surface area contributed by atoms with Crippen molar-refractivity contribution in [1.29, 1.82) is 0 Å². The van der Waals surface area contributed by atoms with Crippen molar-refractivity contribution in [3.05, 3.63) is 46.8 Å². The second-order valence-electron chi connectivity index (χ2n) is 10.5. The number of halogens is 2. The number of aliphatic hydroxyl groups is 1. The first-order chi connectivity index (χ1) is 15.0. The van der Waals surface area contributed by atoms with E-state index >= 15 is 0 Å². The van der Waals surface area contributed by atoms with Gasteiger partial charge in [-0.05, 0) is 73.8 Å². The fourth-order valence-corrected chi connectivity index (χ4v) is 7.72. The smallest absolute Gasteiger partial charge is 0.151 e. The van der Waals surface area contributed by atoms with Gasteiger partial charge < -0.3 is 9.84 Å². The lowest BCUT2D eigenvalue weighted by atomic mass is 9.42. The number of fused-ring (bicyclic) bond motifs is 4. The maximum Gasteiger partial charge on any atom is 0.151 e. The number of aromatic nitrogens is 2. The van der Waals surface area contributed by atoms with Crippen LogP contribution in [0.2, 0.25) is 0 Å². The van der Waals surface area contributed by atoms with E-state index in [2.05, 4.69) is 10.4 Å². The van der Waals surface area contributed by atoms with Gasteiger partial charge in [-0.3, -0.25) is 5.32 Å². The van der Waals surface area contributed by atoms with E-state index in [0.717, 1.165) is 54.5 Å².